The summed E-state index contributed by atoms with van der Waals surface area (Å²) in [5.41, 5.74) is -0.0640. The van der Waals surface area contributed by atoms with E-state index in [9.17, 15) is 19.8 Å². The number of Topliss-reactive ketones (excluding diaryl/α,β-unsaturated/α-hetero) is 1. The van der Waals surface area contributed by atoms with E-state index in [1.54, 1.807) is 26.0 Å². The first-order chi connectivity index (χ1) is 16.1. The van der Waals surface area contributed by atoms with Crippen molar-refractivity contribution in [2.24, 2.45) is 17.3 Å². The summed E-state index contributed by atoms with van der Waals surface area (Å²) in [6.07, 6.45) is 5.83. The standard InChI is InChI=1S/C27H33ClO5S/c1-27(2)25(32)19(11-5-3-4-6-15-24(30)31)20(26(27)33)17-16-18(29)10-9-13-22(28)21-12-7-8-14-23(21)34/h7-8,12-14,16-20,26,29,33-34H,4,6,9-11,15H2,1-2H3,(H,30,31)/b17-16+,22-13-/t18?,19-,20-,26+/m1/s1. The predicted octanol–water partition coefficient (Wildman–Crippen LogP) is 5.10. The van der Waals surface area contributed by atoms with Gasteiger partial charge < -0.3 is 15.3 Å². The van der Waals surface area contributed by atoms with E-state index in [0.717, 1.165) is 10.5 Å². The highest BCUT2D eigenvalue weighted by atomic mass is 35.5. The molecule has 1 saturated carbocycles. The minimum absolute atomic E-state index is 0.0517. The van der Waals surface area contributed by atoms with Gasteiger partial charge in [0.1, 0.15) is 5.78 Å². The number of ketones is 1. The summed E-state index contributed by atoms with van der Waals surface area (Å²) < 4.78 is 0. The highest BCUT2D eigenvalue weighted by molar-refractivity contribution is 7.80. The molecule has 1 aliphatic carbocycles. The van der Waals surface area contributed by atoms with Crippen LogP contribution in [-0.4, -0.2) is 39.3 Å². The number of unbranched alkanes of at least 4 members (excludes halogenated alkanes) is 1. The molecule has 0 radical (unpaired) electrons. The van der Waals surface area contributed by atoms with Crippen LogP contribution in [0, 0.1) is 29.1 Å². The van der Waals surface area contributed by atoms with Crippen LogP contribution >= 0.6 is 24.2 Å². The smallest absolute Gasteiger partial charge is 0.303 e. The molecular weight excluding hydrogens is 472 g/mol. The van der Waals surface area contributed by atoms with Crippen LogP contribution in [0.25, 0.3) is 5.03 Å². The number of halogens is 1. The molecule has 1 aromatic carbocycles. The van der Waals surface area contributed by atoms with Gasteiger partial charge in [-0.25, -0.2) is 0 Å². The highest BCUT2D eigenvalue weighted by Crippen LogP contribution is 2.44. The largest absolute Gasteiger partial charge is 0.481 e. The summed E-state index contributed by atoms with van der Waals surface area (Å²) in [5.74, 6) is 4.08. The quantitative estimate of drug-likeness (QED) is 0.154. The van der Waals surface area contributed by atoms with E-state index < -0.39 is 35.4 Å². The molecule has 1 unspecified atom stereocenters. The number of carboxylic acids is 1. The Kier molecular flexibility index (Phi) is 10.9. The molecule has 0 heterocycles. The van der Waals surface area contributed by atoms with Crippen molar-refractivity contribution >= 4 is 41.0 Å². The van der Waals surface area contributed by atoms with Crippen LogP contribution in [0.3, 0.4) is 0 Å². The maximum atomic E-state index is 12.9. The van der Waals surface area contributed by atoms with E-state index >= 15 is 0 Å². The lowest BCUT2D eigenvalue weighted by molar-refractivity contribution is -0.137. The summed E-state index contributed by atoms with van der Waals surface area (Å²) in [6, 6.07) is 7.51. The normalized spacial score (nSPS) is 23.1. The zero-order valence-electron chi connectivity index (χ0n) is 19.6. The number of aliphatic carboxylic acids is 1. The van der Waals surface area contributed by atoms with Crippen LogP contribution in [0.15, 0.2) is 47.4 Å². The van der Waals surface area contributed by atoms with Gasteiger partial charge in [-0.1, -0.05) is 61.9 Å². The number of aliphatic hydroxyl groups excluding tert-OH is 2. The summed E-state index contributed by atoms with van der Waals surface area (Å²) in [5, 5.41) is 30.4. The fourth-order valence-corrected chi connectivity index (χ4v) is 4.71. The van der Waals surface area contributed by atoms with E-state index in [0.29, 0.717) is 37.1 Å². The topological polar surface area (TPSA) is 94.8 Å². The molecule has 5 nitrogen and oxygen atoms in total. The number of thiol groups is 1. The van der Waals surface area contributed by atoms with Crippen molar-refractivity contribution in [2.75, 3.05) is 0 Å². The predicted molar refractivity (Wildman–Crippen MR) is 138 cm³/mol. The maximum absolute atomic E-state index is 12.9. The van der Waals surface area contributed by atoms with Crippen LogP contribution in [0.4, 0.5) is 0 Å². The molecule has 0 bridgehead atoms. The van der Waals surface area contributed by atoms with Gasteiger partial charge in [-0.2, -0.15) is 0 Å². The van der Waals surface area contributed by atoms with Crippen LogP contribution in [0.2, 0.25) is 0 Å². The Hall–Kier alpha value is -2.04. The van der Waals surface area contributed by atoms with Crippen LogP contribution in [0.1, 0.15) is 57.9 Å². The van der Waals surface area contributed by atoms with Gasteiger partial charge in [0.2, 0.25) is 0 Å². The zero-order chi connectivity index (χ0) is 25.3. The minimum atomic E-state index is -0.897. The van der Waals surface area contributed by atoms with Crippen molar-refractivity contribution in [3.05, 3.63) is 48.1 Å². The second kappa shape index (κ2) is 13.2. The van der Waals surface area contributed by atoms with Gasteiger partial charge in [0.05, 0.1) is 17.6 Å². The molecule has 3 N–H and O–H groups in total. The Morgan fingerprint density at radius 1 is 1.29 bits per heavy atom. The third-order valence-corrected chi connectivity index (χ3v) is 6.93. The van der Waals surface area contributed by atoms with E-state index in [-0.39, 0.29) is 12.2 Å². The lowest BCUT2D eigenvalue weighted by atomic mass is 9.86. The van der Waals surface area contributed by atoms with Gasteiger partial charge >= 0.3 is 5.97 Å². The molecule has 7 heteroatoms. The number of carbonyl (C=O) groups is 2. The number of allylic oxidation sites excluding steroid dienone is 1. The summed E-state index contributed by atoms with van der Waals surface area (Å²) >= 11 is 10.8. The average Bonchev–Trinajstić information content (AvgIpc) is 2.94. The van der Waals surface area contributed by atoms with Gasteiger partial charge in [-0.15, -0.1) is 24.5 Å². The zero-order valence-corrected chi connectivity index (χ0v) is 21.2. The molecular formula is C27H33ClO5S. The number of hydrogen-bond acceptors (Lipinski definition) is 5. The van der Waals surface area contributed by atoms with Crippen LogP contribution in [-0.2, 0) is 9.59 Å². The molecule has 0 aromatic heterocycles. The second-order valence-electron chi connectivity index (χ2n) is 9.12. The summed E-state index contributed by atoms with van der Waals surface area (Å²) in [6.45, 7) is 3.45. The Morgan fingerprint density at radius 2 is 2.00 bits per heavy atom. The first-order valence-electron chi connectivity index (χ1n) is 11.5. The average molecular weight is 505 g/mol. The van der Waals surface area contributed by atoms with Crippen LogP contribution < -0.4 is 0 Å². The first kappa shape index (κ1) is 28.2. The van der Waals surface area contributed by atoms with Crippen molar-refractivity contribution in [2.45, 2.75) is 69.5 Å². The molecule has 34 heavy (non-hydrogen) atoms. The molecule has 4 atom stereocenters. The number of benzene rings is 1. The monoisotopic (exact) mass is 504 g/mol. The Morgan fingerprint density at radius 3 is 2.68 bits per heavy atom. The van der Waals surface area contributed by atoms with E-state index in [4.69, 9.17) is 16.7 Å². The van der Waals surface area contributed by atoms with Gasteiger partial charge in [0.15, 0.2) is 0 Å². The van der Waals surface area contributed by atoms with Crippen molar-refractivity contribution in [3.8, 4) is 11.8 Å². The van der Waals surface area contributed by atoms with Gasteiger partial charge in [0, 0.05) is 46.6 Å². The number of carbonyl (C=O) groups excluding carboxylic acids is 1. The Balaban J connectivity index is 1.97. The number of carboxylic acid groups (broad SMARTS) is 1. The first-order valence-corrected chi connectivity index (χ1v) is 12.3. The fraction of sp³-hybridized carbons (Fsp3) is 0.481. The van der Waals surface area contributed by atoms with Gasteiger partial charge in [-0.05, 0) is 25.3 Å². The van der Waals surface area contributed by atoms with Crippen molar-refractivity contribution < 1.29 is 24.9 Å². The summed E-state index contributed by atoms with van der Waals surface area (Å²) in [7, 11) is 0. The number of hydrogen-bond donors (Lipinski definition) is 4. The van der Waals surface area contributed by atoms with Gasteiger partial charge in [-0.3, -0.25) is 9.59 Å². The van der Waals surface area contributed by atoms with Crippen molar-refractivity contribution in [1.82, 2.24) is 0 Å². The lowest BCUT2D eigenvalue weighted by Gasteiger charge is -2.22. The number of rotatable bonds is 10. The second-order valence-corrected chi connectivity index (χ2v) is 10.0. The number of aliphatic hydroxyl groups is 2. The molecule has 1 aromatic rings. The lowest BCUT2D eigenvalue weighted by Crippen LogP contribution is -2.31. The molecule has 184 valence electrons. The molecule has 0 aliphatic heterocycles. The Labute approximate surface area is 212 Å². The molecule has 0 amide bonds. The molecule has 2 rings (SSSR count). The SMILES string of the molecule is CC1(C)C(=O)[C@H](CC#CCCCC(=O)O)[C@@H](/C=C/C(O)CC/C=C(\Cl)c2ccccc2S)[C@@H]1O. The molecule has 0 saturated heterocycles. The molecule has 1 fully saturated rings. The highest BCUT2D eigenvalue weighted by Gasteiger charge is 2.53. The Bertz CT molecular complexity index is 988. The minimum Gasteiger partial charge on any atom is -0.481 e. The van der Waals surface area contributed by atoms with Crippen molar-refractivity contribution in [1.29, 1.82) is 0 Å². The third-order valence-electron chi connectivity index (χ3n) is 6.18. The maximum Gasteiger partial charge on any atom is 0.303 e. The van der Waals surface area contributed by atoms with E-state index in [2.05, 4.69) is 24.5 Å². The van der Waals surface area contributed by atoms with E-state index in [1.807, 2.05) is 30.3 Å². The fourth-order valence-electron chi connectivity index (χ4n) is 4.09. The van der Waals surface area contributed by atoms with Gasteiger partial charge in [0.25, 0.3) is 0 Å². The third kappa shape index (κ3) is 7.74. The summed E-state index contributed by atoms with van der Waals surface area (Å²) in [4.78, 5) is 24.2. The molecule has 0 spiro atoms. The molecule has 1 aliphatic rings. The van der Waals surface area contributed by atoms with E-state index in [1.165, 1.54) is 0 Å². The van der Waals surface area contributed by atoms with Crippen LogP contribution in [0.5, 0.6) is 0 Å². The van der Waals surface area contributed by atoms with Crippen molar-refractivity contribution in [3.63, 3.8) is 0 Å².